The number of para-hydroxylation sites is 2. The number of aromatic amines is 1. The fraction of sp³-hybridized carbons (Fsp3) is 0.421. The molecule has 0 atom stereocenters. The predicted octanol–water partition coefficient (Wildman–Crippen LogP) is 2.57. The Morgan fingerprint density at radius 2 is 2.04 bits per heavy atom. The molecule has 0 saturated heterocycles. The van der Waals surface area contributed by atoms with E-state index in [-0.39, 0.29) is 5.56 Å². The van der Waals surface area contributed by atoms with Gasteiger partial charge in [0.15, 0.2) is 0 Å². The first-order valence-corrected chi connectivity index (χ1v) is 8.80. The molecule has 1 aromatic carbocycles. The van der Waals surface area contributed by atoms with E-state index >= 15 is 0 Å². The molecule has 25 heavy (non-hydrogen) atoms. The second kappa shape index (κ2) is 6.11. The third-order valence-electron chi connectivity index (χ3n) is 4.82. The fourth-order valence-electron chi connectivity index (χ4n) is 3.74. The summed E-state index contributed by atoms with van der Waals surface area (Å²) in [6, 6.07) is 8.63. The molecule has 4 rings (SSSR count). The van der Waals surface area contributed by atoms with Crippen molar-refractivity contribution in [2.45, 2.75) is 46.3 Å². The number of aromatic nitrogens is 4. The summed E-state index contributed by atoms with van der Waals surface area (Å²) in [6.45, 7) is 8.52. The summed E-state index contributed by atoms with van der Waals surface area (Å²) in [6.07, 6.45) is 0.736. The van der Waals surface area contributed by atoms with E-state index in [4.69, 9.17) is 4.98 Å². The second-order valence-electron chi connectivity index (χ2n) is 7.02. The van der Waals surface area contributed by atoms with E-state index in [0.717, 1.165) is 42.1 Å². The van der Waals surface area contributed by atoms with E-state index in [1.165, 1.54) is 5.52 Å². The van der Waals surface area contributed by atoms with Crippen LogP contribution in [0, 0.1) is 6.92 Å². The molecule has 2 aromatic heterocycles. The minimum absolute atomic E-state index is 0.0107. The zero-order valence-electron chi connectivity index (χ0n) is 14.9. The molecule has 0 unspecified atom stereocenters. The molecule has 6 nitrogen and oxygen atoms in total. The first-order valence-electron chi connectivity index (χ1n) is 8.80. The highest BCUT2D eigenvalue weighted by Crippen LogP contribution is 2.23. The summed E-state index contributed by atoms with van der Waals surface area (Å²) in [5.41, 5.74) is 3.96. The summed E-state index contributed by atoms with van der Waals surface area (Å²) in [5, 5.41) is 0. The summed E-state index contributed by atoms with van der Waals surface area (Å²) >= 11 is 0. The lowest BCUT2D eigenvalue weighted by Gasteiger charge is -2.27. The van der Waals surface area contributed by atoms with Gasteiger partial charge in [-0.1, -0.05) is 12.1 Å². The number of benzene rings is 1. The molecule has 6 heteroatoms. The van der Waals surface area contributed by atoms with Gasteiger partial charge in [0, 0.05) is 24.7 Å². The van der Waals surface area contributed by atoms with Gasteiger partial charge in [0.05, 0.1) is 23.3 Å². The molecule has 0 bridgehead atoms. The molecule has 0 spiro atoms. The standard InChI is InChI=1S/C19H23N5O/c1-12(2)24-17-7-5-4-6-15(17)22-18(24)11-23-9-8-14-16(10-23)20-13(3)21-19(14)25/h4-7,12H,8-11H2,1-3H3,(H,20,21,25). The summed E-state index contributed by atoms with van der Waals surface area (Å²) in [5.74, 6) is 1.75. The summed E-state index contributed by atoms with van der Waals surface area (Å²) in [7, 11) is 0. The summed E-state index contributed by atoms with van der Waals surface area (Å²) < 4.78 is 2.31. The lowest BCUT2D eigenvalue weighted by molar-refractivity contribution is 0.230. The topological polar surface area (TPSA) is 66.8 Å². The maximum Gasteiger partial charge on any atom is 0.254 e. The molecule has 0 saturated carbocycles. The molecule has 3 aromatic rings. The molecule has 130 valence electrons. The van der Waals surface area contributed by atoms with E-state index in [9.17, 15) is 4.79 Å². The van der Waals surface area contributed by atoms with Crippen LogP contribution in [0.3, 0.4) is 0 Å². The number of rotatable bonds is 3. The Labute approximate surface area is 146 Å². The first kappa shape index (κ1) is 16.0. The molecular weight excluding hydrogens is 314 g/mol. The van der Waals surface area contributed by atoms with Crippen LogP contribution >= 0.6 is 0 Å². The molecule has 1 N–H and O–H groups in total. The van der Waals surface area contributed by atoms with Crippen LogP contribution < -0.4 is 5.56 Å². The zero-order chi connectivity index (χ0) is 17.6. The van der Waals surface area contributed by atoms with Gasteiger partial charge in [-0.25, -0.2) is 9.97 Å². The van der Waals surface area contributed by atoms with Crippen molar-refractivity contribution in [1.82, 2.24) is 24.4 Å². The molecule has 0 fully saturated rings. The van der Waals surface area contributed by atoms with E-state index in [1.54, 1.807) is 0 Å². The monoisotopic (exact) mass is 337 g/mol. The maximum absolute atomic E-state index is 12.1. The lowest BCUT2D eigenvalue weighted by atomic mass is 10.1. The van der Waals surface area contributed by atoms with Gasteiger partial charge in [0.25, 0.3) is 5.56 Å². The minimum Gasteiger partial charge on any atom is -0.324 e. The lowest BCUT2D eigenvalue weighted by Crippen LogP contribution is -2.35. The number of nitrogens with one attached hydrogen (secondary N) is 1. The molecule has 0 amide bonds. The third-order valence-corrected chi connectivity index (χ3v) is 4.82. The van der Waals surface area contributed by atoms with Gasteiger partial charge < -0.3 is 9.55 Å². The van der Waals surface area contributed by atoms with Gasteiger partial charge in [-0.05, 0) is 39.3 Å². The van der Waals surface area contributed by atoms with Gasteiger partial charge in [-0.3, -0.25) is 9.69 Å². The largest absolute Gasteiger partial charge is 0.324 e. The Bertz CT molecular complexity index is 985. The smallest absolute Gasteiger partial charge is 0.254 e. The van der Waals surface area contributed by atoms with E-state index in [0.29, 0.717) is 18.4 Å². The SMILES string of the molecule is Cc1nc2c(c(=O)[nH]1)CCN(Cc1nc3ccccc3n1C(C)C)C2. The van der Waals surface area contributed by atoms with Gasteiger partial charge >= 0.3 is 0 Å². The number of H-pyrrole nitrogens is 1. The zero-order valence-corrected chi connectivity index (χ0v) is 14.9. The van der Waals surface area contributed by atoms with Crippen LogP contribution in [0.1, 0.15) is 42.8 Å². The highest BCUT2D eigenvalue weighted by molar-refractivity contribution is 5.76. The van der Waals surface area contributed by atoms with E-state index in [1.807, 2.05) is 13.0 Å². The van der Waals surface area contributed by atoms with Crippen LogP contribution in [0.2, 0.25) is 0 Å². The van der Waals surface area contributed by atoms with Crippen molar-refractivity contribution in [3.8, 4) is 0 Å². The molecule has 3 heterocycles. The van der Waals surface area contributed by atoms with Crippen molar-refractivity contribution in [2.24, 2.45) is 0 Å². The fourth-order valence-corrected chi connectivity index (χ4v) is 3.74. The highest BCUT2D eigenvalue weighted by atomic mass is 16.1. The van der Waals surface area contributed by atoms with Gasteiger partial charge in [-0.15, -0.1) is 0 Å². The molecule has 0 radical (unpaired) electrons. The number of nitrogens with zero attached hydrogens (tertiary/aromatic N) is 4. The molecular formula is C19H23N5O. The highest BCUT2D eigenvalue weighted by Gasteiger charge is 2.23. The first-order chi connectivity index (χ1) is 12.0. The number of fused-ring (bicyclic) bond motifs is 2. The number of hydrogen-bond acceptors (Lipinski definition) is 4. The predicted molar refractivity (Wildman–Crippen MR) is 97.5 cm³/mol. The van der Waals surface area contributed by atoms with Gasteiger partial charge in [0.1, 0.15) is 11.6 Å². The second-order valence-corrected chi connectivity index (χ2v) is 7.02. The van der Waals surface area contributed by atoms with Crippen LogP contribution in [0.15, 0.2) is 29.1 Å². The molecule has 1 aliphatic heterocycles. The van der Waals surface area contributed by atoms with Crippen molar-refractivity contribution in [3.05, 3.63) is 57.5 Å². The number of imidazole rings is 1. The van der Waals surface area contributed by atoms with Crippen LogP contribution in [0.5, 0.6) is 0 Å². The number of aryl methyl sites for hydroxylation is 1. The number of hydrogen-bond donors (Lipinski definition) is 1. The third kappa shape index (κ3) is 2.87. The van der Waals surface area contributed by atoms with Gasteiger partial charge in [0.2, 0.25) is 0 Å². The average Bonchev–Trinajstić information content (AvgIpc) is 2.92. The van der Waals surface area contributed by atoms with Crippen LogP contribution in [-0.4, -0.2) is 31.0 Å². The van der Waals surface area contributed by atoms with E-state index in [2.05, 4.69) is 51.5 Å². The maximum atomic E-state index is 12.1. The van der Waals surface area contributed by atoms with Crippen LogP contribution in [0.4, 0.5) is 0 Å². The van der Waals surface area contributed by atoms with Crippen LogP contribution in [-0.2, 0) is 19.5 Å². The molecule has 1 aliphatic rings. The Balaban J connectivity index is 1.66. The normalized spacial score (nSPS) is 15.0. The average molecular weight is 337 g/mol. The minimum atomic E-state index is 0.0107. The Morgan fingerprint density at radius 3 is 2.84 bits per heavy atom. The van der Waals surface area contributed by atoms with Gasteiger partial charge in [-0.2, -0.15) is 0 Å². The Hall–Kier alpha value is -2.47. The summed E-state index contributed by atoms with van der Waals surface area (Å²) in [4.78, 5) is 26.6. The van der Waals surface area contributed by atoms with Crippen molar-refractivity contribution < 1.29 is 0 Å². The Kier molecular flexibility index (Phi) is 3.92. The van der Waals surface area contributed by atoms with Crippen molar-refractivity contribution >= 4 is 11.0 Å². The van der Waals surface area contributed by atoms with Crippen LogP contribution in [0.25, 0.3) is 11.0 Å². The van der Waals surface area contributed by atoms with Crippen molar-refractivity contribution in [1.29, 1.82) is 0 Å². The molecule has 0 aliphatic carbocycles. The quantitative estimate of drug-likeness (QED) is 0.798. The van der Waals surface area contributed by atoms with E-state index < -0.39 is 0 Å². The van der Waals surface area contributed by atoms with Crippen molar-refractivity contribution in [2.75, 3.05) is 6.54 Å². The Morgan fingerprint density at radius 1 is 1.24 bits per heavy atom. The van der Waals surface area contributed by atoms with Crippen molar-refractivity contribution in [3.63, 3.8) is 0 Å².